The third-order valence-corrected chi connectivity index (χ3v) is 8.99. The number of rotatable bonds is 9. The van der Waals surface area contributed by atoms with Gasteiger partial charge in [-0.05, 0) is 42.7 Å². The molecule has 3 rings (SSSR count). The molecule has 0 radical (unpaired) electrons. The first-order valence-corrected chi connectivity index (χ1v) is 14.2. The van der Waals surface area contributed by atoms with Crippen molar-refractivity contribution in [3.8, 4) is 0 Å². The van der Waals surface area contributed by atoms with Gasteiger partial charge in [-0.3, -0.25) is 4.79 Å². The van der Waals surface area contributed by atoms with E-state index in [0.29, 0.717) is 46.6 Å². The van der Waals surface area contributed by atoms with Crippen molar-refractivity contribution in [1.82, 2.24) is 9.62 Å². The minimum Gasteiger partial charge on any atom is -0.355 e. The lowest BCUT2D eigenvalue weighted by atomic mass is 9.99. The molecule has 10 heteroatoms. The highest BCUT2D eigenvalue weighted by Gasteiger charge is 2.33. The zero-order chi connectivity index (χ0) is 23.1. The van der Waals surface area contributed by atoms with Crippen molar-refractivity contribution in [3.05, 3.63) is 68.7 Å². The van der Waals surface area contributed by atoms with Gasteiger partial charge in [-0.25, -0.2) is 12.7 Å². The Hall–Kier alpha value is -0.960. The van der Waals surface area contributed by atoms with Gasteiger partial charge in [-0.15, -0.1) is 0 Å². The Morgan fingerprint density at radius 2 is 1.84 bits per heavy atom. The maximum absolute atomic E-state index is 12.9. The summed E-state index contributed by atoms with van der Waals surface area (Å²) < 4.78 is 27.3. The van der Waals surface area contributed by atoms with Gasteiger partial charge in [-0.2, -0.15) is 11.8 Å². The topological polar surface area (TPSA) is 66.5 Å². The van der Waals surface area contributed by atoms with Gasteiger partial charge in [-0.1, -0.05) is 53.0 Å². The zero-order valence-corrected chi connectivity index (χ0v) is 21.3. The van der Waals surface area contributed by atoms with Crippen LogP contribution in [-0.4, -0.2) is 44.0 Å². The monoisotopic (exact) mass is 534 g/mol. The summed E-state index contributed by atoms with van der Waals surface area (Å²) in [6.07, 6.45) is 1.30. The van der Waals surface area contributed by atoms with E-state index in [1.165, 1.54) is 4.31 Å². The van der Waals surface area contributed by atoms with E-state index < -0.39 is 10.0 Å². The van der Waals surface area contributed by atoms with Gasteiger partial charge < -0.3 is 5.32 Å². The predicted molar refractivity (Wildman–Crippen MR) is 134 cm³/mol. The maximum Gasteiger partial charge on any atom is 0.224 e. The molecule has 0 aliphatic carbocycles. The summed E-state index contributed by atoms with van der Waals surface area (Å²) >= 11 is 20.0. The van der Waals surface area contributed by atoms with E-state index in [4.69, 9.17) is 34.8 Å². The number of thioether (sulfide) groups is 1. The Bertz CT molecular complexity index is 1030. The van der Waals surface area contributed by atoms with E-state index >= 15 is 0 Å². The molecule has 32 heavy (non-hydrogen) atoms. The van der Waals surface area contributed by atoms with Crippen LogP contribution in [0.4, 0.5) is 0 Å². The van der Waals surface area contributed by atoms with Gasteiger partial charge >= 0.3 is 0 Å². The van der Waals surface area contributed by atoms with Crippen molar-refractivity contribution >= 4 is 62.5 Å². The number of hydrogen-bond acceptors (Lipinski definition) is 4. The third-order valence-electron chi connectivity index (χ3n) is 5.24. The molecule has 1 N–H and O–H groups in total. The van der Waals surface area contributed by atoms with Crippen LogP contribution in [0.5, 0.6) is 0 Å². The Labute approximate surface area is 208 Å². The van der Waals surface area contributed by atoms with E-state index in [1.54, 1.807) is 30.0 Å². The fourth-order valence-electron chi connectivity index (χ4n) is 3.56. The maximum atomic E-state index is 12.9. The normalized spacial score (nSPS) is 17.3. The summed E-state index contributed by atoms with van der Waals surface area (Å²) in [5, 5.41) is 4.30. The summed E-state index contributed by atoms with van der Waals surface area (Å²) in [6.45, 7) is 1.10. The Balaban J connectivity index is 1.47. The molecule has 2 aromatic carbocycles. The molecule has 1 heterocycles. The SMILES string of the molecule is O=C(NCCSCc1cccc(Cl)c1)[C@@H]1CCCN(S(=O)(=O)Cc2c(Cl)cccc2Cl)C1. The number of nitrogens with zero attached hydrogens (tertiary/aromatic N) is 1. The van der Waals surface area contributed by atoms with E-state index in [2.05, 4.69) is 5.32 Å². The molecule has 0 bridgehead atoms. The van der Waals surface area contributed by atoms with Gasteiger partial charge in [0, 0.05) is 51.8 Å². The molecular weight excluding hydrogens is 511 g/mol. The second-order valence-corrected chi connectivity index (χ2v) is 12.0. The van der Waals surface area contributed by atoms with E-state index in [-0.39, 0.29) is 24.1 Å². The Morgan fingerprint density at radius 1 is 1.12 bits per heavy atom. The van der Waals surface area contributed by atoms with Crippen LogP contribution in [0, 0.1) is 5.92 Å². The van der Waals surface area contributed by atoms with Crippen molar-refractivity contribution in [3.63, 3.8) is 0 Å². The summed E-state index contributed by atoms with van der Waals surface area (Å²) in [6, 6.07) is 12.6. The first-order chi connectivity index (χ1) is 15.3. The van der Waals surface area contributed by atoms with Crippen LogP contribution in [0.25, 0.3) is 0 Å². The summed E-state index contributed by atoms with van der Waals surface area (Å²) in [5.41, 5.74) is 1.53. The first-order valence-electron chi connectivity index (χ1n) is 10.3. The molecule has 0 aromatic heterocycles. The molecule has 1 aliphatic heterocycles. The fraction of sp³-hybridized carbons (Fsp3) is 0.409. The second-order valence-electron chi connectivity index (χ2n) is 7.63. The number of halogens is 3. The molecule has 174 valence electrons. The van der Waals surface area contributed by atoms with Crippen LogP contribution < -0.4 is 5.32 Å². The quantitative estimate of drug-likeness (QED) is 0.446. The molecule has 0 saturated carbocycles. The highest BCUT2D eigenvalue weighted by atomic mass is 35.5. The Kier molecular flexibility index (Phi) is 9.58. The van der Waals surface area contributed by atoms with Crippen molar-refractivity contribution in [1.29, 1.82) is 0 Å². The first kappa shape index (κ1) is 25.7. The van der Waals surface area contributed by atoms with Crippen LogP contribution in [0.3, 0.4) is 0 Å². The predicted octanol–water partition coefficient (Wildman–Crippen LogP) is 5.24. The minimum atomic E-state index is -3.64. The number of carbonyl (C=O) groups is 1. The number of sulfonamides is 1. The van der Waals surface area contributed by atoms with Crippen LogP contribution in [0.1, 0.15) is 24.0 Å². The molecule has 1 fully saturated rings. The van der Waals surface area contributed by atoms with Crippen LogP contribution in [-0.2, 0) is 26.3 Å². The average Bonchev–Trinajstić information content (AvgIpc) is 2.76. The summed E-state index contributed by atoms with van der Waals surface area (Å²) in [7, 11) is -3.64. The minimum absolute atomic E-state index is 0.107. The third kappa shape index (κ3) is 7.27. The standard InChI is InChI=1S/C22H25Cl3N2O3S2/c23-18-6-1-4-16(12-18)14-31-11-9-26-22(28)17-5-3-10-27(13-17)32(29,30)15-19-20(24)7-2-8-21(19)25/h1-2,4,6-8,12,17H,3,5,9-11,13-15H2,(H,26,28)/t17-/m1/s1. The molecule has 1 saturated heterocycles. The lowest BCUT2D eigenvalue weighted by Crippen LogP contribution is -2.46. The average molecular weight is 536 g/mol. The second kappa shape index (κ2) is 12.0. The van der Waals surface area contributed by atoms with Gasteiger partial charge in [0.25, 0.3) is 0 Å². The van der Waals surface area contributed by atoms with E-state index in [1.807, 2.05) is 24.3 Å². The number of hydrogen-bond donors (Lipinski definition) is 1. The highest BCUT2D eigenvalue weighted by molar-refractivity contribution is 7.98. The van der Waals surface area contributed by atoms with Gasteiger partial charge in [0.2, 0.25) is 15.9 Å². The largest absolute Gasteiger partial charge is 0.355 e. The zero-order valence-electron chi connectivity index (χ0n) is 17.4. The number of amides is 1. The van der Waals surface area contributed by atoms with Gasteiger partial charge in [0.1, 0.15) is 0 Å². The summed E-state index contributed by atoms with van der Waals surface area (Å²) in [4.78, 5) is 12.6. The number of piperidine rings is 1. The Morgan fingerprint density at radius 3 is 2.56 bits per heavy atom. The van der Waals surface area contributed by atoms with Crippen molar-refractivity contribution in [2.75, 3.05) is 25.4 Å². The van der Waals surface area contributed by atoms with Gasteiger partial charge in [0.05, 0.1) is 11.7 Å². The van der Waals surface area contributed by atoms with Crippen LogP contribution in [0.15, 0.2) is 42.5 Å². The van der Waals surface area contributed by atoms with E-state index in [9.17, 15) is 13.2 Å². The molecule has 0 unspecified atom stereocenters. The van der Waals surface area contributed by atoms with E-state index in [0.717, 1.165) is 17.1 Å². The summed E-state index contributed by atoms with van der Waals surface area (Å²) in [5.74, 6) is 0.830. The molecule has 5 nitrogen and oxygen atoms in total. The molecule has 0 spiro atoms. The molecule has 1 aliphatic rings. The number of nitrogens with one attached hydrogen (secondary N) is 1. The molecule has 1 atom stereocenters. The van der Waals surface area contributed by atoms with Gasteiger partial charge in [0.15, 0.2) is 0 Å². The van der Waals surface area contributed by atoms with Crippen molar-refractivity contribution in [2.24, 2.45) is 5.92 Å². The van der Waals surface area contributed by atoms with Crippen LogP contribution in [0.2, 0.25) is 15.1 Å². The fourth-order valence-corrected chi connectivity index (χ4v) is 6.94. The smallest absolute Gasteiger partial charge is 0.224 e. The lowest BCUT2D eigenvalue weighted by molar-refractivity contribution is -0.125. The van der Waals surface area contributed by atoms with Crippen molar-refractivity contribution in [2.45, 2.75) is 24.3 Å². The molecular formula is C22H25Cl3N2O3S2. The highest BCUT2D eigenvalue weighted by Crippen LogP contribution is 2.29. The van der Waals surface area contributed by atoms with Crippen molar-refractivity contribution < 1.29 is 13.2 Å². The molecule has 2 aromatic rings. The molecule has 1 amide bonds. The number of benzene rings is 2. The lowest BCUT2D eigenvalue weighted by Gasteiger charge is -2.31. The van der Waals surface area contributed by atoms with Crippen LogP contribution >= 0.6 is 46.6 Å². The number of carbonyl (C=O) groups excluding carboxylic acids is 1.